The van der Waals surface area contributed by atoms with Crippen molar-refractivity contribution >= 4 is 21.8 Å². The third kappa shape index (κ3) is 5.21. The molecule has 1 amide bonds. The van der Waals surface area contributed by atoms with Gasteiger partial charge in [-0.25, -0.2) is 4.98 Å². The molecule has 1 aliphatic heterocycles. The molecule has 0 unspecified atom stereocenters. The molecule has 0 bridgehead atoms. The molecular weight excluding hydrogens is 492 g/mol. The minimum Gasteiger partial charge on any atom is -0.508 e. The molecule has 0 saturated carbocycles. The fraction of sp³-hybridized carbons (Fsp3) is 0.185. The number of fused-ring (bicyclic) bond motifs is 1. The minimum absolute atomic E-state index is 0.0569. The number of carbonyl (C=O) groups excluding carboxylic acids is 1. The lowest BCUT2D eigenvalue weighted by Crippen LogP contribution is -2.47. The molecule has 3 aromatic rings. The molecule has 0 aliphatic carbocycles. The van der Waals surface area contributed by atoms with Crippen LogP contribution < -0.4 is 5.73 Å². The average molecular weight is 519 g/mol. The normalized spacial score (nSPS) is 16.9. The second-order valence-corrected chi connectivity index (χ2v) is 8.96. The van der Waals surface area contributed by atoms with Crippen molar-refractivity contribution < 1.29 is 9.90 Å². The maximum atomic E-state index is 13.5. The standard InChI is InChI=1S/C27H27BrN4O2/c1-2-21(33)14-8-9-15-22(29)27(34)32-17-20-13-7-6-12-19(20)16-23(32)26-30-24(25(28)31-26)18-10-4-3-5-11-18/h2-14,22-23,33H,1,15-17,29H2,(H,30,31)/b9-8+,21-14+/t22-,23-/m0/s1. The van der Waals surface area contributed by atoms with Crippen LogP contribution in [-0.2, 0) is 17.8 Å². The number of aromatic amines is 1. The Morgan fingerprint density at radius 1 is 1.24 bits per heavy atom. The van der Waals surface area contributed by atoms with Crippen molar-refractivity contribution in [1.82, 2.24) is 14.9 Å². The number of amides is 1. The van der Waals surface area contributed by atoms with Gasteiger partial charge in [0.1, 0.15) is 21.9 Å². The number of allylic oxidation sites excluding steroid dienone is 3. The predicted molar refractivity (Wildman–Crippen MR) is 138 cm³/mol. The maximum Gasteiger partial charge on any atom is 0.240 e. The van der Waals surface area contributed by atoms with Crippen LogP contribution in [0.3, 0.4) is 0 Å². The van der Waals surface area contributed by atoms with Crippen molar-refractivity contribution in [3.8, 4) is 11.3 Å². The van der Waals surface area contributed by atoms with Crippen LogP contribution >= 0.6 is 15.9 Å². The Balaban J connectivity index is 1.62. The molecule has 174 valence electrons. The summed E-state index contributed by atoms with van der Waals surface area (Å²) in [4.78, 5) is 23.5. The predicted octanol–water partition coefficient (Wildman–Crippen LogP) is 5.37. The number of aromatic nitrogens is 2. The summed E-state index contributed by atoms with van der Waals surface area (Å²) in [7, 11) is 0. The summed E-state index contributed by atoms with van der Waals surface area (Å²) in [6.45, 7) is 3.96. The van der Waals surface area contributed by atoms with Crippen molar-refractivity contribution in [1.29, 1.82) is 0 Å². The first-order chi connectivity index (χ1) is 16.5. The first kappa shape index (κ1) is 23.7. The molecule has 2 atom stereocenters. The SMILES string of the molecule is C=C/C(O)=C\C=C\C[C@H](N)C(=O)N1Cc2ccccc2C[C@H]1c1nc(-c2ccccc2)c(Br)[nH]1. The number of imidazole rings is 1. The first-order valence-electron chi connectivity index (χ1n) is 11.1. The number of carbonyl (C=O) groups is 1. The van der Waals surface area contributed by atoms with Gasteiger partial charge in [0.2, 0.25) is 5.91 Å². The fourth-order valence-corrected chi connectivity index (χ4v) is 4.61. The molecule has 6 nitrogen and oxygen atoms in total. The van der Waals surface area contributed by atoms with E-state index in [1.165, 1.54) is 17.7 Å². The summed E-state index contributed by atoms with van der Waals surface area (Å²) in [5.74, 6) is 0.631. The highest BCUT2D eigenvalue weighted by Gasteiger charge is 2.35. The van der Waals surface area contributed by atoms with Crippen molar-refractivity contribution in [2.24, 2.45) is 5.73 Å². The molecule has 0 saturated heterocycles. The van der Waals surface area contributed by atoms with Gasteiger partial charge in [-0.3, -0.25) is 4.79 Å². The summed E-state index contributed by atoms with van der Waals surface area (Å²) in [5, 5.41) is 9.47. The monoisotopic (exact) mass is 518 g/mol. The van der Waals surface area contributed by atoms with Gasteiger partial charge in [0, 0.05) is 18.5 Å². The van der Waals surface area contributed by atoms with Gasteiger partial charge in [-0.15, -0.1) is 0 Å². The van der Waals surface area contributed by atoms with Gasteiger partial charge >= 0.3 is 0 Å². The zero-order valence-electron chi connectivity index (χ0n) is 18.7. The Labute approximate surface area is 207 Å². The molecular formula is C27H27BrN4O2. The lowest BCUT2D eigenvalue weighted by Gasteiger charge is -2.37. The van der Waals surface area contributed by atoms with E-state index in [4.69, 9.17) is 10.7 Å². The van der Waals surface area contributed by atoms with Crippen molar-refractivity contribution in [3.05, 3.63) is 113 Å². The second-order valence-electron chi connectivity index (χ2n) is 8.17. The van der Waals surface area contributed by atoms with Gasteiger partial charge in [-0.05, 0) is 45.6 Å². The Morgan fingerprint density at radius 3 is 2.68 bits per heavy atom. The van der Waals surface area contributed by atoms with Gasteiger partial charge in [0.05, 0.1) is 12.1 Å². The van der Waals surface area contributed by atoms with Crippen LogP contribution in [0.2, 0.25) is 0 Å². The van der Waals surface area contributed by atoms with Gasteiger partial charge in [0.15, 0.2) is 0 Å². The van der Waals surface area contributed by atoms with Crippen molar-refractivity contribution in [2.45, 2.75) is 31.5 Å². The van der Waals surface area contributed by atoms with E-state index >= 15 is 0 Å². The van der Waals surface area contributed by atoms with Crippen LogP contribution in [0.15, 0.2) is 95.8 Å². The van der Waals surface area contributed by atoms with Crippen molar-refractivity contribution in [2.75, 3.05) is 0 Å². The molecule has 0 fully saturated rings. The zero-order chi connectivity index (χ0) is 24.1. The van der Waals surface area contributed by atoms with E-state index in [2.05, 4.69) is 33.6 Å². The second kappa shape index (κ2) is 10.7. The molecule has 0 radical (unpaired) electrons. The number of aliphatic hydroxyl groups excluding tert-OH is 1. The van der Waals surface area contributed by atoms with E-state index in [-0.39, 0.29) is 17.7 Å². The van der Waals surface area contributed by atoms with Crippen LogP contribution in [-0.4, -0.2) is 31.9 Å². The number of nitrogens with one attached hydrogen (secondary N) is 1. The number of hydrogen-bond acceptors (Lipinski definition) is 4. The van der Waals surface area contributed by atoms with E-state index < -0.39 is 6.04 Å². The number of aliphatic hydroxyl groups is 1. The molecule has 0 spiro atoms. The average Bonchev–Trinajstić information content (AvgIpc) is 3.26. The molecule has 1 aromatic heterocycles. The number of hydrogen-bond donors (Lipinski definition) is 3. The first-order valence-corrected chi connectivity index (χ1v) is 11.9. The highest BCUT2D eigenvalue weighted by Crippen LogP contribution is 2.35. The smallest absolute Gasteiger partial charge is 0.240 e. The zero-order valence-corrected chi connectivity index (χ0v) is 20.3. The Morgan fingerprint density at radius 2 is 1.94 bits per heavy atom. The number of halogens is 1. The highest BCUT2D eigenvalue weighted by atomic mass is 79.9. The van der Waals surface area contributed by atoms with Gasteiger partial charge in [-0.2, -0.15) is 0 Å². The lowest BCUT2D eigenvalue weighted by atomic mass is 9.92. The van der Waals surface area contributed by atoms with Gasteiger partial charge in [-0.1, -0.05) is 73.3 Å². The Hall–Kier alpha value is -3.42. The molecule has 7 heteroatoms. The van der Waals surface area contributed by atoms with Gasteiger partial charge < -0.3 is 20.7 Å². The molecule has 4 N–H and O–H groups in total. The van der Waals surface area contributed by atoms with E-state index in [1.54, 1.807) is 12.2 Å². The van der Waals surface area contributed by atoms with Gasteiger partial charge in [0.25, 0.3) is 0 Å². The third-order valence-electron chi connectivity index (χ3n) is 5.89. The van der Waals surface area contributed by atoms with Crippen molar-refractivity contribution in [3.63, 3.8) is 0 Å². The number of benzene rings is 2. The number of H-pyrrole nitrogens is 1. The number of nitrogens with two attached hydrogens (primary N) is 1. The molecule has 1 aliphatic rings. The fourth-order valence-electron chi connectivity index (χ4n) is 4.09. The van der Waals surface area contributed by atoms with E-state index in [9.17, 15) is 9.90 Å². The summed E-state index contributed by atoms with van der Waals surface area (Å²) in [6.07, 6.45) is 7.29. The van der Waals surface area contributed by atoms with Crippen LogP contribution in [0.4, 0.5) is 0 Å². The number of nitrogens with zero attached hydrogens (tertiary/aromatic N) is 2. The largest absolute Gasteiger partial charge is 0.508 e. The Bertz CT molecular complexity index is 1230. The third-order valence-corrected chi connectivity index (χ3v) is 6.47. The highest BCUT2D eigenvalue weighted by molar-refractivity contribution is 9.10. The summed E-state index contributed by atoms with van der Waals surface area (Å²) in [5.41, 5.74) is 10.4. The molecule has 2 aromatic carbocycles. The minimum atomic E-state index is -0.713. The summed E-state index contributed by atoms with van der Waals surface area (Å²) >= 11 is 3.61. The molecule has 34 heavy (non-hydrogen) atoms. The van der Waals surface area contributed by atoms with E-state index in [0.717, 1.165) is 27.2 Å². The van der Waals surface area contributed by atoms with Crippen LogP contribution in [0, 0.1) is 0 Å². The van der Waals surface area contributed by atoms with E-state index in [1.807, 2.05) is 53.4 Å². The molecule has 4 rings (SSSR count). The van der Waals surface area contributed by atoms with Crippen LogP contribution in [0.1, 0.15) is 29.4 Å². The van der Waals surface area contributed by atoms with Crippen LogP contribution in [0.25, 0.3) is 11.3 Å². The summed E-state index contributed by atoms with van der Waals surface area (Å²) < 4.78 is 0.779. The van der Waals surface area contributed by atoms with Crippen LogP contribution in [0.5, 0.6) is 0 Å². The van der Waals surface area contributed by atoms with E-state index in [0.29, 0.717) is 19.4 Å². The number of rotatable bonds is 7. The molecule has 2 heterocycles. The quantitative estimate of drug-likeness (QED) is 0.289. The summed E-state index contributed by atoms with van der Waals surface area (Å²) in [6, 6.07) is 17.1. The lowest BCUT2D eigenvalue weighted by molar-refractivity contribution is -0.136. The maximum absolute atomic E-state index is 13.5. The topological polar surface area (TPSA) is 95.2 Å². The Kier molecular flexibility index (Phi) is 7.45.